The first kappa shape index (κ1) is 66.7. The summed E-state index contributed by atoms with van der Waals surface area (Å²) in [5, 5.41) is 9.69. The topological polar surface area (TPSA) is 108 Å². The van der Waals surface area contributed by atoms with Gasteiger partial charge in [-0.05, 0) is 83.5 Å². The van der Waals surface area contributed by atoms with Gasteiger partial charge in [0.1, 0.15) is 13.2 Å². The monoisotopic (exact) mass is 983 g/mol. The van der Waals surface area contributed by atoms with Gasteiger partial charge >= 0.3 is 17.9 Å². The Hall–Kier alpha value is -3.27. The van der Waals surface area contributed by atoms with E-state index in [0.29, 0.717) is 17.4 Å². The SMILES string of the molecule is CC/C=C\C/C=C\C/C=C\C/C=C\C/C=C\CCCCCCCCCCCCCCCCCC(=O)OC(COC(=O)CCCCCCC/C=C\CCCCCCC)COC(OCC[N+](C)(C)C)C(=O)O. The molecule has 0 aromatic rings. The van der Waals surface area contributed by atoms with Crippen LogP contribution in [0.1, 0.15) is 239 Å². The highest BCUT2D eigenvalue weighted by atomic mass is 16.7. The van der Waals surface area contributed by atoms with Crippen LogP contribution in [-0.4, -0.2) is 87.4 Å². The van der Waals surface area contributed by atoms with Gasteiger partial charge in [-0.1, -0.05) is 215 Å². The van der Waals surface area contributed by atoms with Gasteiger partial charge in [0.05, 0.1) is 34.4 Å². The van der Waals surface area contributed by atoms with Crippen LogP contribution >= 0.6 is 0 Å². The summed E-state index contributed by atoms with van der Waals surface area (Å²) < 4.78 is 22.8. The number of allylic oxidation sites excluding steroid dienone is 12. The lowest BCUT2D eigenvalue weighted by molar-refractivity contribution is -0.870. The van der Waals surface area contributed by atoms with Gasteiger partial charge in [-0.2, -0.15) is 0 Å². The molecule has 0 bridgehead atoms. The molecule has 0 radical (unpaired) electrons. The molecule has 0 fully saturated rings. The minimum absolute atomic E-state index is 0.185. The van der Waals surface area contributed by atoms with Gasteiger partial charge in [-0.15, -0.1) is 0 Å². The molecule has 404 valence electrons. The van der Waals surface area contributed by atoms with Crippen molar-refractivity contribution in [1.29, 1.82) is 0 Å². The maximum Gasteiger partial charge on any atom is 0.361 e. The van der Waals surface area contributed by atoms with Crippen LogP contribution in [0.15, 0.2) is 72.9 Å². The Labute approximate surface area is 430 Å². The lowest BCUT2D eigenvalue weighted by Crippen LogP contribution is -2.40. The maximum absolute atomic E-state index is 12.9. The van der Waals surface area contributed by atoms with Crippen molar-refractivity contribution in [3.05, 3.63) is 72.9 Å². The molecule has 0 aliphatic heterocycles. The number of carbonyl (C=O) groups is 3. The number of unbranched alkanes of at least 4 members (excludes halogenated alkanes) is 25. The Kier molecular flexibility index (Phi) is 49.6. The molecule has 0 aliphatic carbocycles. The number of hydrogen-bond donors (Lipinski definition) is 1. The molecule has 0 saturated heterocycles. The zero-order valence-corrected chi connectivity index (χ0v) is 45.9. The van der Waals surface area contributed by atoms with E-state index in [2.05, 4.69) is 86.8 Å². The number of carboxylic acid groups (broad SMARTS) is 1. The zero-order valence-electron chi connectivity index (χ0n) is 45.9. The smallest absolute Gasteiger partial charge is 0.361 e. The number of hydrogen-bond acceptors (Lipinski definition) is 7. The minimum atomic E-state index is -1.51. The number of ether oxygens (including phenoxy) is 4. The molecule has 0 spiro atoms. The van der Waals surface area contributed by atoms with Crippen LogP contribution in [0.3, 0.4) is 0 Å². The van der Waals surface area contributed by atoms with Crippen molar-refractivity contribution in [3.63, 3.8) is 0 Å². The molecule has 70 heavy (non-hydrogen) atoms. The molecule has 0 rings (SSSR count). The van der Waals surface area contributed by atoms with Gasteiger partial charge in [0.2, 0.25) is 0 Å². The lowest BCUT2D eigenvalue weighted by Gasteiger charge is -2.25. The molecule has 0 aliphatic rings. The van der Waals surface area contributed by atoms with Crippen molar-refractivity contribution < 1.29 is 42.9 Å². The summed E-state index contributed by atoms with van der Waals surface area (Å²) in [6.07, 6.45) is 64.1. The zero-order chi connectivity index (χ0) is 51.3. The van der Waals surface area contributed by atoms with Crippen LogP contribution in [0, 0.1) is 0 Å². The number of rotatable bonds is 52. The summed E-state index contributed by atoms with van der Waals surface area (Å²) in [4.78, 5) is 37.3. The molecule has 9 nitrogen and oxygen atoms in total. The lowest BCUT2D eigenvalue weighted by atomic mass is 10.0. The highest BCUT2D eigenvalue weighted by Gasteiger charge is 2.25. The van der Waals surface area contributed by atoms with Gasteiger partial charge in [0.25, 0.3) is 6.29 Å². The third kappa shape index (κ3) is 52.6. The molecule has 2 unspecified atom stereocenters. The molecule has 2 atom stereocenters. The van der Waals surface area contributed by atoms with E-state index < -0.39 is 24.3 Å². The highest BCUT2D eigenvalue weighted by Crippen LogP contribution is 2.16. The molecular weight excluding hydrogens is 875 g/mol. The standard InChI is InChI=1S/C61H107NO8/c1-6-8-10-12-14-16-18-20-22-23-24-25-26-27-28-29-30-31-32-33-34-35-36-37-38-40-42-44-46-48-50-52-59(64)70-57(56-69-61(60(65)66)67-54-53-62(3,4)5)55-68-58(63)51-49-47-45-43-41-39-21-19-17-15-13-11-9-7-2/h8,10,14,16,19-22,24-25,27-28,57,61H,6-7,9,11-13,15,17-18,23,26,29-56H2,1-5H3/p+1/b10-8-,16-14-,21-19-,22-20-,25-24-,28-27-. The summed E-state index contributed by atoms with van der Waals surface area (Å²) in [5.74, 6) is -2.01. The Morgan fingerprint density at radius 1 is 0.443 bits per heavy atom. The second kappa shape index (κ2) is 52.1. The summed E-state index contributed by atoms with van der Waals surface area (Å²) in [6, 6.07) is 0. The van der Waals surface area contributed by atoms with Crippen LogP contribution < -0.4 is 0 Å². The summed E-state index contributed by atoms with van der Waals surface area (Å²) in [5.41, 5.74) is 0. The molecule has 0 aromatic carbocycles. The largest absolute Gasteiger partial charge is 0.477 e. The number of nitrogens with zero attached hydrogens (tertiary/aromatic N) is 1. The molecule has 0 amide bonds. The van der Waals surface area contributed by atoms with Gasteiger partial charge in [-0.25, -0.2) is 4.79 Å². The Morgan fingerprint density at radius 2 is 0.814 bits per heavy atom. The average Bonchev–Trinajstić information content (AvgIpc) is 3.33. The fourth-order valence-corrected chi connectivity index (χ4v) is 7.80. The number of carboxylic acids is 1. The first-order chi connectivity index (χ1) is 34.1. The Balaban J connectivity index is 4.16. The van der Waals surface area contributed by atoms with Gasteiger partial charge in [0.15, 0.2) is 6.10 Å². The van der Waals surface area contributed by atoms with Crippen molar-refractivity contribution in [2.75, 3.05) is 47.5 Å². The number of aliphatic carboxylic acids is 1. The fourth-order valence-electron chi connectivity index (χ4n) is 7.80. The van der Waals surface area contributed by atoms with E-state index in [0.717, 1.165) is 89.9 Å². The number of likely N-dealkylation sites (N-methyl/N-ethyl adjacent to an activating group) is 1. The number of quaternary nitrogens is 1. The Morgan fingerprint density at radius 3 is 1.23 bits per heavy atom. The van der Waals surface area contributed by atoms with E-state index in [-0.39, 0.29) is 32.2 Å². The molecule has 0 aromatic heterocycles. The third-order valence-corrected chi connectivity index (χ3v) is 12.2. The summed E-state index contributed by atoms with van der Waals surface area (Å²) >= 11 is 0. The summed E-state index contributed by atoms with van der Waals surface area (Å²) in [6.45, 7) is 4.75. The first-order valence-corrected chi connectivity index (χ1v) is 28.6. The van der Waals surface area contributed by atoms with E-state index in [9.17, 15) is 19.5 Å². The minimum Gasteiger partial charge on any atom is -0.477 e. The van der Waals surface area contributed by atoms with Crippen LogP contribution in [0.2, 0.25) is 0 Å². The van der Waals surface area contributed by atoms with Crippen molar-refractivity contribution in [2.24, 2.45) is 0 Å². The molecule has 1 N–H and O–H groups in total. The molecular formula is C61H108NO8+. The summed E-state index contributed by atoms with van der Waals surface area (Å²) in [7, 11) is 5.96. The Bertz CT molecular complexity index is 1380. The predicted molar refractivity (Wildman–Crippen MR) is 295 cm³/mol. The first-order valence-electron chi connectivity index (χ1n) is 28.6. The highest BCUT2D eigenvalue weighted by molar-refractivity contribution is 5.71. The molecule has 0 heterocycles. The second-order valence-corrected chi connectivity index (χ2v) is 20.2. The quantitative estimate of drug-likeness (QED) is 0.0211. The van der Waals surface area contributed by atoms with Gasteiger partial charge in [0, 0.05) is 12.8 Å². The van der Waals surface area contributed by atoms with Crippen LogP contribution in [-0.2, 0) is 33.3 Å². The number of esters is 2. The van der Waals surface area contributed by atoms with Crippen LogP contribution in [0.5, 0.6) is 0 Å². The van der Waals surface area contributed by atoms with E-state index in [1.165, 1.54) is 122 Å². The number of carbonyl (C=O) groups excluding carboxylic acids is 2. The molecule has 0 saturated carbocycles. The average molecular weight is 984 g/mol. The van der Waals surface area contributed by atoms with E-state index >= 15 is 0 Å². The maximum atomic E-state index is 12.9. The second-order valence-electron chi connectivity index (χ2n) is 20.2. The van der Waals surface area contributed by atoms with E-state index in [4.69, 9.17) is 18.9 Å². The predicted octanol–water partition coefficient (Wildman–Crippen LogP) is 16.6. The van der Waals surface area contributed by atoms with Crippen LogP contribution in [0.4, 0.5) is 0 Å². The van der Waals surface area contributed by atoms with Gasteiger partial charge < -0.3 is 28.5 Å². The normalized spacial score (nSPS) is 13.3. The third-order valence-electron chi connectivity index (χ3n) is 12.2. The van der Waals surface area contributed by atoms with Crippen LogP contribution in [0.25, 0.3) is 0 Å². The fraction of sp³-hybridized carbons (Fsp3) is 0.754. The van der Waals surface area contributed by atoms with E-state index in [1.54, 1.807) is 0 Å². The van der Waals surface area contributed by atoms with Crippen molar-refractivity contribution in [2.45, 2.75) is 251 Å². The van der Waals surface area contributed by atoms with Crippen molar-refractivity contribution in [3.8, 4) is 0 Å². The van der Waals surface area contributed by atoms with Crippen molar-refractivity contribution >= 4 is 17.9 Å². The molecule has 9 heteroatoms. The van der Waals surface area contributed by atoms with Gasteiger partial charge in [-0.3, -0.25) is 9.59 Å². The van der Waals surface area contributed by atoms with Crippen molar-refractivity contribution in [1.82, 2.24) is 0 Å². The van der Waals surface area contributed by atoms with E-state index in [1.807, 2.05) is 21.1 Å².